The molecule has 0 saturated carbocycles. The second-order valence-corrected chi connectivity index (χ2v) is 3.61. The van der Waals surface area contributed by atoms with Gasteiger partial charge < -0.3 is 15.0 Å². The number of aromatic nitrogens is 2. The van der Waals surface area contributed by atoms with E-state index in [1.54, 1.807) is 0 Å². The van der Waals surface area contributed by atoms with Crippen LogP contribution in [-0.2, 0) is 17.8 Å². The lowest BCUT2D eigenvalue weighted by molar-refractivity contribution is 0.104. The van der Waals surface area contributed by atoms with E-state index in [1.165, 1.54) is 0 Å². The molecule has 2 aromatic rings. The largest absolute Gasteiger partial charge is 0.370 e. The molecular weight excluding hydrogens is 218 g/mol. The average molecular weight is 233 g/mol. The Balaban J connectivity index is 1.90. The van der Waals surface area contributed by atoms with Crippen molar-refractivity contribution in [2.24, 2.45) is 5.73 Å². The number of benzene rings is 1. The van der Waals surface area contributed by atoms with Gasteiger partial charge in [-0.05, 0) is 5.56 Å². The Morgan fingerprint density at radius 1 is 1.24 bits per heavy atom. The summed E-state index contributed by atoms with van der Waals surface area (Å²) >= 11 is 0. The fourth-order valence-corrected chi connectivity index (χ4v) is 1.44. The highest BCUT2D eigenvalue weighted by Crippen LogP contribution is 2.06. The van der Waals surface area contributed by atoms with Gasteiger partial charge in [-0.25, -0.2) is 0 Å². The second-order valence-electron chi connectivity index (χ2n) is 3.61. The summed E-state index contributed by atoms with van der Waals surface area (Å²) in [6.45, 7) is 1.31. The smallest absolute Gasteiger partial charge is 0.252 e. The molecule has 90 valence electrons. The molecule has 0 aliphatic carbocycles. The van der Waals surface area contributed by atoms with Crippen LogP contribution in [0.15, 0.2) is 34.9 Å². The molecule has 0 atom stereocenters. The molecule has 2 N–H and O–H groups in total. The maximum absolute atomic E-state index is 5.31. The molecule has 2 rings (SSSR count). The van der Waals surface area contributed by atoms with Crippen molar-refractivity contribution in [1.29, 1.82) is 0 Å². The highest BCUT2D eigenvalue weighted by atomic mass is 16.5. The zero-order chi connectivity index (χ0) is 11.9. The fourth-order valence-electron chi connectivity index (χ4n) is 1.44. The topological polar surface area (TPSA) is 74.2 Å². The molecule has 17 heavy (non-hydrogen) atoms. The van der Waals surface area contributed by atoms with Gasteiger partial charge in [0.25, 0.3) is 5.89 Å². The van der Waals surface area contributed by atoms with Crippen molar-refractivity contribution in [3.05, 3.63) is 47.6 Å². The molecule has 1 aromatic carbocycles. The van der Waals surface area contributed by atoms with Gasteiger partial charge in [0, 0.05) is 13.0 Å². The van der Waals surface area contributed by atoms with Crippen molar-refractivity contribution in [2.45, 2.75) is 13.0 Å². The number of ether oxygens (including phenoxy) is 1. The zero-order valence-electron chi connectivity index (χ0n) is 9.50. The van der Waals surface area contributed by atoms with Gasteiger partial charge in [-0.15, -0.1) is 0 Å². The van der Waals surface area contributed by atoms with Gasteiger partial charge in [0.1, 0.15) is 6.61 Å². The Kier molecular flexibility index (Phi) is 4.23. The molecule has 5 heteroatoms. The van der Waals surface area contributed by atoms with Gasteiger partial charge >= 0.3 is 0 Å². The van der Waals surface area contributed by atoms with Crippen LogP contribution in [0.25, 0.3) is 0 Å². The van der Waals surface area contributed by atoms with Gasteiger partial charge in [-0.2, -0.15) is 4.98 Å². The third-order valence-electron chi connectivity index (χ3n) is 2.20. The quantitative estimate of drug-likeness (QED) is 0.757. The summed E-state index contributed by atoms with van der Waals surface area (Å²) in [5.41, 5.74) is 6.46. The standard InChI is InChI=1S/C12H15N3O2/c13-6-7-16-9-12-14-11(15-17-12)8-10-4-2-1-3-5-10/h1-5H,6-9,13H2. The van der Waals surface area contributed by atoms with Crippen LogP contribution in [0.1, 0.15) is 17.3 Å². The first-order chi connectivity index (χ1) is 8.38. The Labute approximate surface area is 99.6 Å². The van der Waals surface area contributed by atoms with Crippen LogP contribution in [0.4, 0.5) is 0 Å². The Bertz CT molecular complexity index is 442. The summed E-state index contributed by atoms with van der Waals surface area (Å²) in [4.78, 5) is 4.23. The number of rotatable bonds is 6. The van der Waals surface area contributed by atoms with E-state index in [1.807, 2.05) is 30.3 Å². The molecule has 0 aliphatic heterocycles. The minimum Gasteiger partial charge on any atom is -0.370 e. The lowest BCUT2D eigenvalue weighted by Gasteiger charge is -1.96. The molecule has 0 radical (unpaired) electrons. The molecule has 1 heterocycles. The Hall–Kier alpha value is -1.72. The van der Waals surface area contributed by atoms with Crippen LogP contribution in [0, 0.1) is 0 Å². The minimum absolute atomic E-state index is 0.318. The molecule has 0 amide bonds. The third-order valence-corrected chi connectivity index (χ3v) is 2.20. The van der Waals surface area contributed by atoms with Gasteiger partial charge in [0.2, 0.25) is 0 Å². The van der Waals surface area contributed by atoms with E-state index in [9.17, 15) is 0 Å². The Morgan fingerprint density at radius 3 is 2.82 bits per heavy atom. The number of nitrogens with two attached hydrogens (primary N) is 1. The number of nitrogens with zero attached hydrogens (tertiary/aromatic N) is 2. The van der Waals surface area contributed by atoms with Crippen LogP contribution in [-0.4, -0.2) is 23.3 Å². The van der Waals surface area contributed by atoms with E-state index in [0.717, 1.165) is 5.56 Å². The lowest BCUT2D eigenvalue weighted by atomic mass is 10.1. The average Bonchev–Trinajstić information content (AvgIpc) is 2.79. The predicted molar refractivity (Wildman–Crippen MR) is 62.3 cm³/mol. The van der Waals surface area contributed by atoms with Crippen molar-refractivity contribution in [3.8, 4) is 0 Å². The summed E-state index contributed by atoms with van der Waals surface area (Å²) < 4.78 is 10.3. The fraction of sp³-hybridized carbons (Fsp3) is 0.333. The monoisotopic (exact) mass is 233 g/mol. The van der Waals surface area contributed by atoms with Crippen molar-refractivity contribution in [2.75, 3.05) is 13.2 Å². The molecule has 5 nitrogen and oxygen atoms in total. The van der Waals surface area contributed by atoms with Crippen molar-refractivity contribution in [3.63, 3.8) is 0 Å². The summed E-state index contributed by atoms with van der Waals surface area (Å²) in [6, 6.07) is 10.0. The molecule has 0 saturated heterocycles. The molecular formula is C12H15N3O2. The summed E-state index contributed by atoms with van der Waals surface area (Å²) in [6.07, 6.45) is 0.668. The van der Waals surface area contributed by atoms with E-state index in [0.29, 0.717) is 37.9 Å². The van der Waals surface area contributed by atoms with Gasteiger partial charge in [0.15, 0.2) is 5.82 Å². The van der Waals surface area contributed by atoms with E-state index < -0.39 is 0 Å². The third kappa shape index (κ3) is 3.65. The maximum Gasteiger partial charge on any atom is 0.252 e. The van der Waals surface area contributed by atoms with Crippen LogP contribution in [0.5, 0.6) is 0 Å². The summed E-state index contributed by atoms with van der Waals surface area (Å²) in [7, 11) is 0. The molecule has 0 fully saturated rings. The first-order valence-corrected chi connectivity index (χ1v) is 5.51. The molecule has 0 aliphatic rings. The summed E-state index contributed by atoms with van der Waals surface area (Å²) in [5, 5.41) is 3.89. The molecule has 0 bridgehead atoms. The van der Waals surface area contributed by atoms with E-state index in [-0.39, 0.29) is 0 Å². The van der Waals surface area contributed by atoms with E-state index in [4.69, 9.17) is 15.0 Å². The predicted octanol–water partition coefficient (Wildman–Crippen LogP) is 1.14. The van der Waals surface area contributed by atoms with Gasteiger partial charge in [-0.3, -0.25) is 0 Å². The highest BCUT2D eigenvalue weighted by molar-refractivity contribution is 5.18. The minimum atomic E-state index is 0.318. The van der Waals surface area contributed by atoms with Gasteiger partial charge in [0.05, 0.1) is 6.61 Å². The van der Waals surface area contributed by atoms with Crippen molar-refractivity contribution < 1.29 is 9.26 Å². The Morgan fingerprint density at radius 2 is 2.06 bits per heavy atom. The normalized spacial score (nSPS) is 10.6. The van der Waals surface area contributed by atoms with E-state index >= 15 is 0 Å². The van der Waals surface area contributed by atoms with Crippen LogP contribution in [0.2, 0.25) is 0 Å². The maximum atomic E-state index is 5.31. The highest BCUT2D eigenvalue weighted by Gasteiger charge is 2.06. The second kappa shape index (κ2) is 6.12. The summed E-state index contributed by atoms with van der Waals surface area (Å²) in [5.74, 6) is 1.16. The zero-order valence-corrected chi connectivity index (χ0v) is 9.50. The number of hydrogen-bond acceptors (Lipinski definition) is 5. The van der Waals surface area contributed by atoms with Crippen LogP contribution in [0.3, 0.4) is 0 Å². The van der Waals surface area contributed by atoms with Crippen molar-refractivity contribution in [1.82, 2.24) is 10.1 Å². The van der Waals surface area contributed by atoms with Crippen LogP contribution < -0.4 is 5.73 Å². The van der Waals surface area contributed by atoms with Crippen molar-refractivity contribution >= 4 is 0 Å². The van der Waals surface area contributed by atoms with Crippen LogP contribution >= 0.6 is 0 Å². The number of hydrogen-bond donors (Lipinski definition) is 1. The molecule has 0 spiro atoms. The molecule has 1 aromatic heterocycles. The first-order valence-electron chi connectivity index (χ1n) is 5.51. The SMILES string of the molecule is NCCOCc1nc(Cc2ccccc2)no1. The first kappa shape index (κ1) is 11.8. The molecule has 0 unspecified atom stereocenters. The van der Waals surface area contributed by atoms with E-state index in [2.05, 4.69) is 10.1 Å². The van der Waals surface area contributed by atoms with Gasteiger partial charge in [-0.1, -0.05) is 35.5 Å². The lowest BCUT2D eigenvalue weighted by Crippen LogP contribution is -2.08.